The van der Waals surface area contributed by atoms with Gasteiger partial charge in [0.25, 0.3) is 11.4 Å². The molecule has 0 radical (unpaired) electrons. The molecule has 0 saturated heterocycles. The summed E-state index contributed by atoms with van der Waals surface area (Å²) in [4.78, 5) is 32.0. The number of non-ortho nitro benzene ring substituents is 2. The summed E-state index contributed by atoms with van der Waals surface area (Å²) in [6.45, 7) is 0. The van der Waals surface area contributed by atoms with Gasteiger partial charge < -0.3 is 9.47 Å². The number of ether oxygens (including phenoxy) is 2. The summed E-state index contributed by atoms with van der Waals surface area (Å²) in [5.41, 5.74) is 2.30. The predicted octanol–water partition coefficient (Wildman–Crippen LogP) is 5.73. The molecular weight excluding hydrogens is 486 g/mol. The van der Waals surface area contributed by atoms with Crippen LogP contribution in [0.3, 0.4) is 0 Å². The van der Waals surface area contributed by atoms with Crippen molar-refractivity contribution in [1.82, 2.24) is 0 Å². The zero-order valence-electron chi connectivity index (χ0n) is 19.9. The average Bonchev–Trinajstić information content (AvgIpc) is 2.87. The number of hydrogen-bond donors (Lipinski definition) is 0. The number of nitrogens with zero attached hydrogens (tertiary/aromatic N) is 5. The molecule has 4 rings (SSSR count). The van der Waals surface area contributed by atoms with Gasteiger partial charge in [-0.15, -0.1) is 5.11 Å². The molecule has 0 N–H and O–H groups in total. The third kappa shape index (κ3) is 5.19. The van der Waals surface area contributed by atoms with Crippen molar-refractivity contribution in [2.75, 3.05) is 14.2 Å². The zero-order chi connectivity index (χ0) is 26.7. The Morgan fingerprint density at radius 1 is 0.649 bits per heavy atom. The first-order chi connectivity index (χ1) is 17.7. The van der Waals surface area contributed by atoms with E-state index in [1.54, 1.807) is 19.2 Å². The Hall–Kier alpha value is -4.94. The predicted molar refractivity (Wildman–Crippen MR) is 131 cm³/mol. The van der Waals surface area contributed by atoms with Crippen molar-refractivity contribution in [2.24, 2.45) is 10.2 Å². The fraction of sp³-hybridized carbons (Fsp3) is 0.250. The van der Waals surface area contributed by atoms with Gasteiger partial charge in [0.05, 0.1) is 40.7 Å². The van der Waals surface area contributed by atoms with Gasteiger partial charge in [-0.2, -0.15) is 5.11 Å². The summed E-state index contributed by atoms with van der Waals surface area (Å²) in [5.74, 6) is 1.29. The van der Waals surface area contributed by atoms with E-state index in [1.807, 2.05) is 0 Å². The second-order valence-corrected chi connectivity index (χ2v) is 8.24. The van der Waals surface area contributed by atoms with Crippen molar-refractivity contribution in [1.29, 1.82) is 0 Å². The number of nitro groups is 3. The maximum Gasteiger partial charge on any atom is 0.303 e. The van der Waals surface area contributed by atoms with E-state index in [-0.39, 0.29) is 11.4 Å². The first kappa shape index (κ1) is 25.2. The van der Waals surface area contributed by atoms with Crippen LogP contribution in [0.2, 0.25) is 0 Å². The van der Waals surface area contributed by atoms with E-state index < -0.39 is 26.1 Å². The minimum Gasteiger partial charge on any atom is -0.496 e. The molecule has 3 aromatic rings. The Morgan fingerprint density at radius 2 is 1.14 bits per heavy atom. The fourth-order valence-corrected chi connectivity index (χ4v) is 4.41. The number of rotatable bonds is 7. The van der Waals surface area contributed by atoms with Crippen LogP contribution in [-0.2, 0) is 25.7 Å². The molecular formula is C24H21N5O8. The normalized spacial score (nSPS) is 12.7. The zero-order valence-corrected chi connectivity index (χ0v) is 19.9. The van der Waals surface area contributed by atoms with Crippen molar-refractivity contribution in [3.05, 3.63) is 95.1 Å². The molecule has 0 saturated carbocycles. The Balaban J connectivity index is 1.74. The summed E-state index contributed by atoms with van der Waals surface area (Å²) < 4.78 is 11.3. The van der Waals surface area contributed by atoms with Crippen molar-refractivity contribution in [2.45, 2.75) is 25.7 Å². The van der Waals surface area contributed by atoms with E-state index in [2.05, 4.69) is 10.2 Å². The van der Waals surface area contributed by atoms with E-state index in [0.29, 0.717) is 54.0 Å². The van der Waals surface area contributed by atoms with Crippen LogP contribution in [0.4, 0.5) is 28.4 Å². The number of hydrogen-bond acceptors (Lipinski definition) is 10. The van der Waals surface area contributed by atoms with Gasteiger partial charge in [0, 0.05) is 29.3 Å². The van der Waals surface area contributed by atoms with Gasteiger partial charge in [0.15, 0.2) is 5.69 Å². The average molecular weight is 507 g/mol. The highest BCUT2D eigenvalue weighted by Crippen LogP contribution is 2.38. The van der Waals surface area contributed by atoms with Crippen LogP contribution >= 0.6 is 0 Å². The van der Waals surface area contributed by atoms with E-state index in [4.69, 9.17) is 9.47 Å². The van der Waals surface area contributed by atoms with Gasteiger partial charge in [0.2, 0.25) is 0 Å². The van der Waals surface area contributed by atoms with Crippen LogP contribution in [0.25, 0.3) is 0 Å². The molecule has 0 aliphatic heterocycles. The van der Waals surface area contributed by atoms with Crippen LogP contribution in [0.15, 0.2) is 52.7 Å². The summed E-state index contributed by atoms with van der Waals surface area (Å²) >= 11 is 0. The third-order valence-electron chi connectivity index (χ3n) is 6.04. The maximum atomic E-state index is 11.5. The molecule has 0 fully saturated rings. The molecule has 13 heteroatoms. The van der Waals surface area contributed by atoms with Crippen LogP contribution in [0.1, 0.15) is 22.3 Å². The Morgan fingerprint density at radius 3 is 1.57 bits per heavy atom. The van der Waals surface area contributed by atoms with Gasteiger partial charge in [0.1, 0.15) is 11.5 Å². The smallest absolute Gasteiger partial charge is 0.303 e. The van der Waals surface area contributed by atoms with Gasteiger partial charge in [-0.05, 0) is 55.0 Å². The van der Waals surface area contributed by atoms with Crippen LogP contribution in [0.5, 0.6) is 11.5 Å². The lowest BCUT2D eigenvalue weighted by atomic mass is 9.92. The van der Waals surface area contributed by atoms with Crippen molar-refractivity contribution in [3.8, 4) is 11.5 Å². The lowest BCUT2D eigenvalue weighted by Gasteiger charge is -2.19. The SMILES string of the molecule is COc1c2cc(N=Nc3ccc([N+](=O)[O-])cc3[N+](=O)[O-])cc1CCc1cc([N+](=O)[O-])cc(c1OC)CC2. The highest BCUT2D eigenvalue weighted by molar-refractivity contribution is 5.62. The van der Waals surface area contributed by atoms with E-state index in [1.165, 1.54) is 25.3 Å². The lowest BCUT2D eigenvalue weighted by Crippen LogP contribution is -2.07. The summed E-state index contributed by atoms with van der Waals surface area (Å²) in [6, 6.07) is 9.62. The maximum absolute atomic E-state index is 11.5. The first-order valence-corrected chi connectivity index (χ1v) is 11.1. The summed E-state index contributed by atoms with van der Waals surface area (Å²) in [7, 11) is 3.09. The standard InChI is InChI=1S/C24H21N5O8/c1-36-23-14-3-5-16-11-20(28(32)33)12-17(24(16)37-2)6-4-15(23)10-18(9-14)25-26-21-8-7-19(27(30)31)13-22(21)29(34)35/h7-13H,3-6H2,1-2H3. The van der Waals surface area contributed by atoms with Gasteiger partial charge >= 0.3 is 5.69 Å². The second kappa shape index (κ2) is 10.4. The minimum atomic E-state index is -0.751. The second-order valence-electron chi connectivity index (χ2n) is 8.24. The van der Waals surface area contributed by atoms with Gasteiger partial charge in [-0.1, -0.05) is 0 Å². The number of azo groups is 1. The lowest BCUT2D eigenvalue weighted by molar-refractivity contribution is -0.393. The number of nitro benzene ring substituents is 3. The summed E-state index contributed by atoms with van der Waals surface area (Å²) in [6.07, 6.45) is 1.77. The van der Waals surface area contributed by atoms with E-state index >= 15 is 0 Å². The Kier molecular flexibility index (Phi) is 7.04. The number of methoxy groups -OCH3 is 2. The van der Waals surface area contributed by atoms with Crippen LogP contribution in [-0.4, -0.2) is 29.0 Å². The number of aryl methyl sites for hydroxylation is 4. The molecule has 0 atom stereocenters. The van der Waals surface area contributed by atoms with Crippen LogP contribution in [0, 0.1) is 30.3 Å². The number of benzene rings is 3. The molecule has 1 aliphatic rings. The highest BCUT2D eigenvalue weighted by Gasteiger charge is 2.22. The Bertz CT molecular complexity index is 1400. The van der Waals surface area contributed by atoms with Gasteiger partial charge in [-0.3, -0.25) is 30.3 Å². The monoisotopic (exact) mass is 507 g/mol. The molecule has 190 valence electrons. The van der Waals surface area contributed by atoms with Crippen molar-refractivity contribution >= 4 is 28.4 Å². The Labute approximate surface area is 209 Å². The van der Waals surface area contributed by atoms with Crippen molar-refractivity contribution < 1.29 is 24.2 Å². The van der Waals surface area contributed by atoms with Crippen LogP contribution < -0.4 is 9.47 Å². The molecule has 37 heavy (non-hydrogen) atoms. The molecule has 0 unspecified atom stereocenters. The molecule has 4 bridgehead atoms. The molecule has 13 nitrogen and oxygen atoms in total. The molecule has 0 heterocycles. The van der Waals surface area contributed by atoms with Gasteiger partial charge in [-0.25, -0.2) is 0 Å². The fourth-order valence-electron chi connectivity index (χ4n) is 4.41. The minimum absolute atomic E-state index is 0.00109. The molecule has 0 spiro atoms. The first-order valence-electron chi connectivity index (χ1n) is 11.1. The molecule has 0 aromatic heterocycles. The van der Waals surface area contributed by atoms with E-state index in [9.17, 15) is 30.3 Å². The van der Waals surface area contributed by atoms with E-state index in [0.717, 1.165) is 23.3 Å². The largest absolute Gasteiger partial charge is 0.496 e. The highest BCUT2D eigenvalue weighted by atomic mass is 16.6. The molecule has 3 aromatic carbocycles. The van der Waals surface area contributed by atoms with Crippen molar-refractivity contribution in [3.63, 3.8) is 0 Å². The molecule has 0 amide bonds. The number of fused-ring (bicyclic) bond motifs is 4. The third-order valence-corrected chi connectivity index (χ3v) is 6.04. The topological polar surface area (TPSA) is 173 Å². The molecule has 1 aliphatic carbocycles. The quantitative estimate of drug-likeness (QED) is 0.221. The summed E-state index contributed by atoms with van der Waals surface area (Å²) in [5, 5.41) is 42.0.